The lowest BCUT2D eigenvalue weighted by molar-refractivity contribution is 0.251. The lowest BCUT2D eigenvalue weighted by Gasteiger charge is -2.32. The van der Waals surface area contributed by atoms with Gasteiger partial charge < -0.3 is 9.42 Å². The minimum absolute atomic E-state index is 0.274. The molecule has 0 bridgehead atoms. The van der Waals surface area contributed by atoms with Crippen LogP contribution >= 0.6 is 23.5 Å². The zero-order valence-electron chi connectivity index (χ0n) is 15.9. The van der Waals surface area contributed by atoms with Gasteiger partial charge in [-0.15, -0.1) is 11.8 Å². The highest BCUT2D eigenvalue weighted by Gasteiger charge is 2.22. The number of carbonyl (C=O) groups excluding carboxylic acids is 1. The van der Waals surface area contributed by atoms with Crippen LogP contribution in [0.1, 0.15) is 5.69 Å². The molecule has 148 valence electrons. The Bertz CT molecular complexity index is 1070. The SMILES string of the molecule is CSc1ccc2c(c1)N(C/C=N/NC(=O)Nc1cc(C)no1)c1ccccc1S2. The molecule has 0 fully saturated rings. The van der Waals surface area contributed by atoms with Gasteiger partial charge in [-0.25, -0.2) is 10.2 Å². The standard InChI is InChI=1S/C20H19N5O2S2/c1-13-11-19(27-24-13)22-20(26)23-21-9-10-25-15-5-3-4-6-17(15)29-18-8-7-14(28-2)12-16(18)25/h3-9,11-12H,10H2,1-2H3,(H2,22,23,26)/b21-9+. The molecule has 0 spiro atoms. The number of nitrogens with one attached hydrogen (secondary N) is 2. The maximum Gasteiger partial charge on any atom is 0.342 e. The number of carbonyl (C=O) groups is 1. The molecule has 9 heteroatoms. The van der Waals surface area contributed by atoms with Crippen LogP contribution in [0.5, 0.6) is 0 Å². The molecule has 1 aliphatic rings. The van der Waals surface area contributed by atoms with Crippen LogP contribution in [0.15, 0.2) is 72.8 Å². The van der Waals surface area contributed by atoms with Crippen LogP contribution in [0.25, 0.3) is 0 Å². The van der Waals surface area contributed by atoms with E-state index in [4.69, 9.17) is 4.52 Å². The largest absolute Gasteiger partial charge is 0.342 e. The number of amides is 2. The smallest absolute Gasteiger partial charge is 0.338 e. The number of hydrogen-bond donors (Lipinski definition) is 2. The summed E-state index contributed by atoms with van der Waals surface area (Å²) in [5.41, 5.74) is 5.39. The third-order valence-corrected chi connectivity index (χ3v) is 6.07. The first-order valence-electron chi connectivity index (χ1n) is 8.88. The fourth-order valence-corrected chi connectivity index (χ4v) is 4.43. The van der Waals surface area contributed by atoms with Crippen molar-refractivity contribution in [1.82, 2.24) is 10.6 Å². The predicted octanol–water partition coefficient (Wildman–Crippen LogP) is 5.12. The minimum atomic E-state index is -0.489. The molecule has 2 heterocycles. The summed E-state index contributed by atoms with van der Waals surface area (Å²) in [6, 6.07) is 15.9. The van der Waals surface area contributed by atoms with Gasteiger partial charge in [-0.05, 0) is 43.5 Å². The number of hydrazone groups is 1. The van der Waals surface area contributed by atoms with Gasteiger partial charge in [0.15, 0.2) is 0 Å². The molecule has 3 aromatic rings. The molecule has 0 saturated heterocycles. The van der Waals surface area contributed by atoms with Gasteiger partial charge in [-0.2, -0.15) is 5.10 Å². The number of anilines is 3. The van der Waals surface area contributed by atoms with Crippen molar-refractivity contribution in [3.8, 4) is 0 Å². The van der Waals surface area contributed by atoms with E-state index < -0.39 is 6.03 Å². The summed E-state index contributed by atoms with van der Waals surface area (Å²) < 4.78 is 4.95. The Morgan fingerprint density at radius 2 is 2.07 bits per heavy atom. The number of fused-ring (bicyclic) bond motifs is 2. The molecule has 1 aromatic heterocycles. The molecule has 2 N–H and O–H groups in total. The fourth-order valence-electron chi connectivity index (χ4n) is 2.92. The summed E-state index contributed by atoms with van der Waals surface area (Å²) in [4.78, 5) is 17.7. The Balaban J connectivity index is 1.47. The van der Waals surface area contributed by atoms with Crippen molar-refractivity contribution in [3.63, 3.8) is 0 Å². The predicted molar refractivity (Wildman–Crippen MR) is 118 cm³/mol. The summed E-state index contributed by atoms with van der Waals surface area (Å²) >= 11 is 3.47. The van der Waals surface area contributed by atoms with Gasteiger partial charge in [0.05, 0.1) is 23.6 Å². The van der Waals surface area contributed by atoms with E-state index in [-0.39, 0.29) is 5.88 Å². The first kappa shape index (κ1) is 19.4. The second-order valence-corrected chi connectivity index (χ2v) is 8.19. The summed E-state index contributed by atoms with van der Waals surface area (Å²) in [7, 11) is 0. The van der Waals surface area contributed by atoms with Crippen LogP contribution in [0.3, 0.4) is 0 Å². The number of nitrogens with zero attached hydrogens (tertiary/aromatic N) is 3. The number of benzene rings is 2. The van der Waals surface area contributed by atoms with Gasteiger partial charge in [0.25, 0.3) is 0 Å². The molecular weight excluding hydrogens is 406 g/mol. The normalized spacial score (nSPS) is 12.6. The molecule has 0 saturated carbocycles. The third kappa shape index (κ3) is 4.41. The Hall–Kier alpha value is -2.91. The lowest BCUT2D eigenvalue weighted by atomic mass is 10.2. The van der Waals surface area contributed by atoms with Crippen molar-refractivity contribution in [2.45, 2.75) is 21.6 Å². The molecule has 7 nitrogen and oxygen atoms in total. The van der Waals surface area contributed by atoms with Crippen LogP contribution in [0.4, 0.5) is 22.1 Å². The topological polar surface area (TPSA) is 82.8 Å². The molecule has 0 radical (unpaired) electrons. The van der Waals surface area contributed by atoms with Gasteiger partial charge in [0.2, 0.25) is 5.88 Å². The first-order chi connectivity index (χ1) is 14.1. The molecule has 0 atom stereocenters. The average molecular weight is 426 g/mol. The van der Waals surface area contributed by atoms with Crippen molar-refractivity contribution in [1.29, 1.82) is 0 Å². The number of aromatic nitrogens is 1. The number of thioether (sulfide) groups is 1. The van der Waals surface area contributed by atoms with Crippen LogP contribution in [-0.4, -0.2) is 30.2 Å². The van der Waals surface area contributed by atoms with E-state index in [1.807, 2.05) is 12.1 Å². The van der Waals surface area contributed by atoms with E-state index in [1.54, 1.807) is 42.7 Å². The van der Waals surface area contributed by atoms with Crippen LogP contribution in [0.2, 0.25) is 0 Å². The highest BCUT2D eigenvalue weighted by molar-refractivity contribution is 8.00. The van der Waals surface area contributed by atoms with Gasteiger partial charge in [-0.1, -0.05) is 29.1 Å². The summed E-state index contributed by atoms with van der Waals surface area (Å²) in [5, 5.41) is 10.3. The Morgan fingerprint density at radius 1 is 1.24 bits per heavy atom. The summed E-state index contributed by atoms with van der Waals surface area (Å²) in [6.07, 6.45) is 3.74. The van der Waals surface area contributed by atoms with E-state index in [0.717, 1.165) is 11.4 Å². The van der Waals surface area contributed by atoms with Crippen molar-refractivity contribution < 1.29 is 9.32 Å². The van der Waals surface area contributed by atoms with E-state index in [9.17, 15) is 4.79 Å². The van der Waals surface area contributed by atoms with Gasteiger partial charge in [-0.3, -0.25) is 5.32 Å². The van der Waals surface area contributed by atoms with E-state index in [2.05, 4.69) is 62.5 Å². The Morgan fingerprint density at radius 3 is 2.86 bits per heavy atom. The molecule has 2 amide bonds. The third-order valence-electron chi connectivity index (χ3n) is 4.22. The molecular formula is C20H19N5O2S2. The highest BCUT2D eigenvalue weighted by atomic mass is 32.2. The molecule has 1 aliphatic heterocycles. The maximum atomic E-state index is 11.9. The second kappa shape index (κ2) is 8.62. The lowest BCUT2D eigenvalue weighted by Crippen LogP contribution is -2.26. The number of hydrogen-bond acceptors (Lipinski definition) is 7. The highest BCUT2D eigenvalue weighted by Crippen LogP contribution is 2.48. The van der Waals surface area contributed by atoms with Crippen molar-refractivity contribution in [2.75, 3.05) is 23.0 Å². The number of rotatable bonds is 5. The van der Waals surface area contributed by atoms with Gasteiger partial charge >= 0.3 is 6.03 Å². The van der Waals surface area contributed by atoms with Gasteiger partial charge in [0.1, 0.15) is 0 Å². The molecule has 0 aliphatic carbocycles. The molecule has 0 unspecified atom stereocenters. The van der Waals surface area contributed by atoms with Crippen LogP contribution in [0, 0.1) is 6.92 Å². The number of para-hydroxylation sites is 1. The van der Waals surface area contributed by atoms with E-state index >= 15 is 0 Å². The molecule has 4 rings (SSSR count). The molecule has 2 aromatic carbocycles. The monoisotopic (exact) mass is 425 g/mol. The average Bonchev–Trinajstić information content (AvgIpc) is 3.14. The quantitative estimate of drug-likeness (QED) is 0.336. The molecule has 29 heavy (non-hydrogen) atoms. The maximum absolute atomic E-state index is 11.9. The zero-order valence-corrected chi connectivity index (χ0v) is 17.5. The summed E-state index contributed by atoms with van der Waals surface area (Å²) in [5.74, 6) is 0.274. The van der Waals surface area contributed by atoms with Crippen molar-refractivity contribution in [2.24, 2.45) is 5.10 Å². The van der Waals surface area contributed by atoms with E-state index in [0.29, 0.717) is 12.2 Å². The van der Waals surface area contributed by atoms with Crippen LogP contribution < -0.4 is 15.6 Å². The van der Waals surface area contributed by atoms with Crippen LogP contribution in [-0.2, 0) is 0 Å². The number of urea groups is 1. The minimum Gasteiger partial charge on any atom is -0.338 e. The second-order valence-electron chi connectivity index (χ2n) is 6.22. The van der Waals surface area contributed by atoms with Crippen molar-refractivity contribution in [3.05, 3.63) is 54.2 Å². The summed E-state index contributed by atoms with van der Waals surface area (Å²) in [6.45, 7) is 2.30. The van der Waals surface area contributed by atoms with Crippen molar-refractivity contribution >= 4 is 53.0 Å². The zero-order chi connectivity index (χ0) is 20.2. The van der Waals surface area contributed by atoms with E-state index in [1.165, 1.54) is 14.7 Å². The Kier molecular flexibility index (Phi) is 5.77. The fraction of sp³-hybridized carbons (Fsp3) is 0.150. The Labute approximate surface area is 176 Å². The number of aryl methyl sites for hydroxylation is 1. The van der Waals surface area contributed by atoms with Gasteiger partial charge in [0, 0.05) is 27.0 Å². The first-order valence-corrected chi connectivity index (χ1v) is 10.9.